The molecule has 0 aliphatic rings. The molecule has 118 valence electrons. The molecule has 0 saturated carbocycles. The number of esters is 1. The lowest BCUT2D eigenvalue weighted by atomic mass is 10.1. The molecule has 0 amide bonds. The molecule has 0 unspecified atom stereocenters. The molecule has 5 nitrogen and oxygen atoms in total. The van der Waals surface area contributed by atoms with Gasteiger partial charge in [-0.3, -0.25) is 9.79 Å². The molecule has 0 spiro atoms. The lowest BCUT2D eigenvalue weighted by Gasteiger charge is -2.08. The third-order valence-corrected chi connectivity index (χ3v) is 2.62. The molecule has 0 atom stereocenters. The van der Waals surface area contributed by atoms with Gasteiger partial charge in [-0.05, 0) is 50.5 Å². The summed E-state index contributed by atoms with van der Waals surface area (Å²) in [7, 11) is 0. The number of aliphatic imine (C=N–C) groups is 1. The summed E-state index contributed by atoms with van der Waals surface area (Å²) >= 11 is 0. The van der Waals surface area contributed by atoms with E-state index in [0.717, 1.165) is 5.69 Å². The molecule has 1 rings (SSSR count). The first kappa shape index (κ1) is 19.7. The van der Waals surface area contributed by atoms with Crippen molar-refractivity contribution in [3.05, 3.63) is 29.3 Å². The molecule has 0 aliphatic heterocycles. The molecule has 21 heavy (non-hydrogen) atoms. The van der Waals surface area contributed by atoms with E-state index < -0.39 is 0 Å². The molecule has 0 fully saturated rings. The van der Waals surface area contributed by atoms with Crippen LogP contribution in [0.25, 0.3) is 0 Å². The van der Waals surface area contributed by atoms with E-state index in [9.17, 15) is 4.79 Å². The van der Waals surface area contributed by atoms with Crippen molar-refractivity contribution in [1.82, 2.24) is 0 Å². The molecule has 0 saturated heterocycles. The van der Waals surface area contributed by atoms with E-state index in [-0.39, 0.29) is 29.9 Å². The van der Waals surface area contributed by atoms with E-state index in [2.05, 4.69) is 16.4 Å². The molecular formula is C15H24IN3O2. The minimum absolute atomic E-state index is 0. The Morgan fingerprint density at radius 1 is 1.29 bits per heavy atom. The van der Waals surface area contributed by atoms with Crippen LogP contribution in [0.3, 0.4) is 0 Å². The van der Waals surface area contributed by atoms with Crippen LogP contribution in [0.4, 0.5) is 5.69 Å². The smallest absolute Gasteiger partial charge is 0.305 e. The van der Waals surface area contributed by atoms with Gasteiger partial charge in [0.15, 0.2) is 5.96 Å². The Morgan fingerprint density at radius 2 is 1.90 bits per heavy atom. The predicted molar refractivity (Wildman–Crippen MR) is 97.3 cm³/mol. The molecule has 0 radical (unpaired) electrons. The number of anilines is 1. The summed E-state index contributed by atoms with van der Waals surface area (Å²) < 4.78 is 4.84. The van der Waals surface area contributed by atoms with Gasteiger partial charge < -0.3 is 15.8 Å². The Labute approximate surface area is 143 Å². The molecule has 1 aromatic rings. The number of aryl methyl sites for hydroxylation is 2. The second-order valence-corrected chi connectivity index (χ2v) is 4.68. The van der Waals surface area contributed by atoms with Gasteiger partial charge in [0.05, 0.1) is 6.61 Å². The van der Waals surface area contributed by atoms with Gasteiger partial charge in [0.25, 0.3) is 0 Å². The molecule has 3 N–H and O–H groups in total. The van der Waals surface area contributed by atoms with E-state index in [1.807, 2.05) is 26.0 Å². The highest BCUT2D eigenvalue weighted by Crippen LogP contribution is 2.13. The number of rotatable bonds is 6. The fraction of sp³-hybridized carbons (Fsp3) is 0.467. The number of guanidine groups is 1. The highest BCUT2D eigenvalue weighted by Gasteiger charge is 2.01. The van der Waals surface area contributed by atoms with Gasteiger partial charge in [0.1, 0.15) is 0 Å². The molecule has 6 heteroatoms. The SMILES string of the molecule is CCOC(=O)CCCN=C(N)Nc1cc(C)cc(C)c1.I. The monoisotopic (exact) mass is 405 g/mol. The number of halogens is 1. The van der Waals surface area contributed by atoms with Gasteiger partial charge in [0, 0.05) is 18.7 Å². The first-order valence-electron chi connectivity index (χ1n) is 6.82. The summed E-state index contributed by atoms with van der Waals surface area (Å²) in [6, 6.07) is 6.11. The summed E-state index contributed by atoms with van der Waals surface area (Å²) in [6.07, 6.45) is 1.00. The lowest BCUT2D eigenvalue weighted by molar-refractivity contribution is -0.143. The van der Waals surface area contributed by atoms with Crippen molar-refractivity contribution in [3.63, 3.8) is 0 Å². The van der Waals surface area contributed by atoms with E-state index in [1.54, 1.807) is 6.92 Å². The van der Waals surface area contributed by atoms with Gasteiger partial charge in [-0.2, -0.15) is 0 Å². The van der Waals surface area contributed by atoms with Crippen molar-refractivity contribution < 1.29 is 9.53 Å². The topological polar surface area (TPSA) is 76.7 Å². The predicted octanol–water partition coefficient (Wildman–Crippen LogP) is 2.99. The molecule has 0 bridgehead atoms. The fourth-order valence-corrected chi connectivity index (χ4v) is 1.89. The Kier molecular flexibility index (Phi) is 9.77. The summed E-state index contributed by atoms with van der Waals surface area (Å²) in [4.78, 5) is 15.3. The first-order valence-corrected chi connectivity index (χ1v) is 6.82. The van der Waals surface area contributed by atoms with Gasteiger partial charge >= 0.3 is 5.97 Å². The molecular weight excluding hydrogens is 381 g/mol. The quantitative estimate of drug-likeness (QED) is 0.251. The Bertz CT molecular complexity index is 470. The maximum Gasteiger partial charge on any atom is 0.305 e. The van der Waals surface area contributed by atoms with Crippen LogP contribution in [-0.2, 0) is 9.53 Å². The molecule has 0 aromatic heterocycles. The average Bonchev–Trinajstić information content (AvgIpc) is 2.33. The van der Waals surface area contributed by atoms with Crippen molar-refractivity contribution in [2.45, 2.75) is 33.6 Å². The van der Waals surface area contributed by atoms with Crippen molar-refractivity contribution in [2.24, 2.45) is 10.7 Å². The highest BCUT2D eigenvalue weighted by molar-refractivity contribution is 14.0. The van der Waals surface area contributed by atoms with E-state index in [4.69, 9.17) is 10.5 Å². The van der Waals surface area contributed by atoms with Crippen LogP contribution in [0.5, 0.6) is 0 Å². The number of ether oxygens (including phenoxy) is 1. The number of nitrogens with one attached hydrogen (secondary N) is 1. The normalized spacial score (nSPS) is 10.7. The van der Waals surface area contributed by atoms with Gasteiger partial charge in [-0.25, -0.2) is 0 Å². The number of nitrogens with two attached hydrogens (primary N) is 1. The third kappa shape index (κ3) is 8.54. The van der Waals surface area contributed by atoms with Crippen LogP contribution in [0.15, 0.2) is 23.2 Å². The first-order chi connectivity index (χ1) is 9.51. The Hall–Kier alpha value is -1.31. The average molecular weight is 405 g/mol. The van der Waals surface area contributed by atoms with Gasteiger partial charge in [-0.1, -0.05) is 6.07 Å². The van der Waals surface area contributed by atoms with Gasteiger partial charge in [0.2, 0.25) is 0 Å². The van der Waals surface area contributed by atoms with E-state index in [0.29, 0.717) is 32.0 Å². The number of nitrogens with zero attached hydrogens (tertiary/aromatic N) is 1. The molecule has 1 aromatic carbocycles. The number of benzene rings is 1. The zero-order chi connectivity index (χ0) is 15.0. The number of hydrogen-bond donors (Lipinski definition) is 2. The third-order valence-electron chi connectivity index (χ3n) is 2.62. The number of carbonyl (C=O) groups excluding carboxylic acids is 1. The van der Waals surface area contributed by atoms with Crippen LogP contribution in [0.1, 0.15) is 30.9 Å². The highest BCUT2D eigenvalue weighted by atomic mass is 127. The largest absolute Gasteiger partial charge is 0.466 e. The number of hydrogen-bond acceptors (Lipinski definition) is 3. The maximum absolute atomic E-state index is 11.1. The summed E-state index contributed by atoms with van der Waals surface area (Å²) in [5.74, 6) is 0.169. The van der Waals surface area contributed by atoms with Crippen LogP contribution in [0, 0.1) is 13.8 Å². The maximum atomic E-state index is 11.1. The second-order valence-electron chi connectivity index (χ2n) is 4.68. The van der Waals surface area contributed by atoms with E-state index >= 15 is 0 Å². The van der Waals surface area contributed by atoms with Crippen molar-refractivity contribution >= 4 is 41.6 Å². The minimum Gasteiger partial charge on any atom is -0.466 e. The lowest BCUT2D eigenvalue weighted by Crippen LogP contribution is -2.23. The van der Waals surface area contributed by atoms with Gasteiger partial charge in [-0.15, -0.1) is 24.0 Å². The van der Waals surface area contributed by atoms with Crippen molar-refractivity contribution in [1.29, 1.82) is 0 Å². The minimum atomic E-state index is -0.191. The van der Waals surface area contributed by atoms with Crippen molar-refractivity contribution in [3.8, 4) is 0 Å². The Balaban J connectivity index is 0.00000400. The summed E-state index contributed by atoms with van der Waals surface area (Å²) in [5.41, 5.74) is 9.07. The summed E-state index contributed by atoms with van der Waals surface area (Å²) in [6.45, 7) is 6.78. The standard InChI is InChI=1S/C15H23N3O2.HI/c1-4-20-14(19)6-5-7-17-15(16)18-13-9-11(2)8-12(3)10-13;/h8-10H,4-7H2,1-3H3,(H3,16,17,18);1H. The molecule has 0 heterocycles. The Morgan fingerprint density at radius 3 is 2.48 bits per heavy atom. The summed E-state index contributed by atoms with van der Waals surface area (Å²) in [5, 5.41) is 3.05. The second kappa shape index (κ2) is 10.4. The zero-order valence-electron chi connectivity index (χ0n) is 12.8. The van der Waals surface area contributed by atoms with Crippen LogP contribution < -0.4 is 11.1 Å². The zero-order valence-corrected chi connectivity index (χ0v) is 15.1. The van der Waals surface area contributed by atoms with Crippen LogP contribution in [0.2, 0.25) is 0 Å². The van der Waals surface area contributed by atoms with Crippen LogP contribution in [-0.4, -0.2) is 25.1 Å². The number of carbonyl (C=O) groups is 1. The van der Waals surface area contributed by atoms with Crippen molar-refractivity contribution in [2.75, 3.05) is 18.5 Å². The van der Waals surface area contributed by atoms with E-state index in [1.165, 1.54) is 11.1 Å². The van der Waals surface area contributed by atoms with Crippen LogP contribution >= 0.6 is 24.0 Å². The molecule has 0 aliphatic carbocycles. The fourth-order valence-electron chi connectivity index (χ4n) is 1.89.